The van der Waals surface area contributed by atoms with E-state index >= 15 is 0 Å². The molecule has 0 spiro atoms. The Morgan fingerprint density at radius 3 is 2.56 bits per heavy atom. The van der Waals surface area contributed by atoms with Gasteiger partial charge in [0, 0.05) is 6.54 Å². The Morgan fingerprint density at radius 2 is 1.94 bits per heavy atom. The van der Waals surface area contributed by atoms with Gasteiger partial charge in [-0.05, 0) is 43.7 Å². The predicted molar refractivity (Wildman–Crippen MR) is 81.0 cm³/mol. The highest BCUT2D eigenvalue weighted by Crippen LogP contribution is 2.23. The van der Waals surface area contributed by atoms with E-state index in [2.05, 4.69) is 56.1 Å². The third-order valence-corrected chi connectivity index (χ3v) is 3.43. The van der Waals surface area contributed by atoms with Crippen LogP contribution in [0, 0.1) is 0 Å². The number of hydrogen-bond donors (Lipinski definition) is 1. The van der Waals surface area contributed by atoms with Crippen LogP contribution in [0.15, 0.2) is 42.5 Å². The van der Waals surface area contributed by atoms with Crippen LogP contribution in [0.25, 0.3) is 0 Å². The topological polar surface area (TPSA) is 12.0 Å². The molecule has 0 bridgehead atoms. The summed E-state index contributed by atoms with van der Waals surface area (Å²) >= 11 is 0. The maximum Gasteiger partial charge on any atom is 0.00202 e. The van der Waals surface area contributed by atoms with Crippen molar-refractivity contribution in [1.29, 1.82) is 0 Å². The summed E-state index contributed by atoms with van der Waals surface area (Å²) in [5, 5.41) is 3.55. The Hall–Kier alpha value is -1.08. The molecule has 0 radical (unpaired) electrons. The Morgan fingerprint density at radius 1 is 1.22 bits per heavy atom. The van der Waals surface area contributed by atoms with Gasteiger partial charge in [0.2, 0.25) is 0 Å². The van der Waals surface area contributed by atoms with E-state index in [-0.39, 0.29) is 0 Å². The third kappa shape index (κ3) is 5.50. The van der Waals surface area contributed by atoms with Crippen molar-refractivity contribution in [2.45, 2.75) is 45.4 Å². The summed E-state index contributed by atoms with van der Waals surface area (Å²) in [4.78, 5) is 0. The minimum Gasteiger partial charge on any atom is -0.316 e. The fraction of sp³-hybridized carbons (Fsp3) is 0.529. The SMILES string of the molecule is C=C(CC)CCC(CNCCC)c1ccccc1. The fourth-order valence-corrected chi connectivity index (χ4v) is 2.12. The molecule has 1 atom stereocenters. The minimum atomic E-state index is 0.612. The largest absolute Gasteiger partial charge is 0.316 e. The maximum absolute atomic E-state index is 4.11. The molecule has 1 nitrogen and oxygen atoms in total. The van der Waals surface area contributed by atoms with Crippen molar-refractivity contribution in [2.24, 2.45) is 0 Å². The molecular formula is C17H27N. The van der Waals surface area contributed by atoms with Crippen LogP contribution in [-0.4, -0.2) is 13.1 Å². The van der Waals surface area contributed by atoms with Gasteiger partial charge in [0.05, 0.1) is 0 Å². The summed E-state index contributed by atoms with van der Waals surface area (Å²) in [5.41, 5.74) is 2.82. The molecule has 1 aromatic carbocycles. The van der Waals surface area contributed by atoms with Crippen molar-refractivity contribution in [2.75, 3.05) is 13.1 Å². The zero-order valence-electron chi connectivity index (χ0n) is 11.9. The average molecular weight is 245 g/mol. The lowest BCUT2D eigenvalue weighted by molar-refractivity contribution is 0.545. The van der Waals surface area contributed by atoms with Crippen LogP contribution < -0.4 is 5.32 Å². The standard InChI is InChI=1S/C17H27N/c1-4-13-18-14-17(12-11-15(3)5-2)16-9-7-6-8-10-16/h6-10,17-18H,3-5,11-14H2,1-2H3. The second kappa shape index (κ2) is 8.93. The van der Waals surface area contributed by atoms with E-state index in [0.717, 1.165) is 25.9 Å². The predicted octanol–water partition coefficient (Wildman–Crippen LogP) is 4.52. The van der Waals surface area contributed by atoms with Gasteiger partial charge in [-0.3, -0.25) is 0 Å². The Kier molecular flexibility index (Phi) is 7.43. The first-order valence-electron chi connectivity index (χ1n) is 7.20. The molecular weight excluding hydrogens is 218 g/mol. The lowest BCUT2D eigenvalue weighted by atomic mass is 9.92. The van der Waals surface area contributed by atoms with Crippen molar-refractivity contribution in [3.63, 3.8) is 0 Å². The molecule has 0 heterocycles. The molecule has 0 amide bonds. The van der Waals surface area contributed by atoms with E-state index in [1.165, 1.54) is 24.0 Å². The smallest absolute Gasteiger partial charge is 0.00202 e. The fourth-order valence-electron chi connectivity index (χ4n) is 2.12. The zero-order chi connectivity index (χ0) is 13.2. The molecule has 1 heteroatoms. The summed E-state index contributed by atoms with van der Waals surface area (Å²) in [6.45, 7) is 10.7. The highest BCUT2D eigenvalue weighted by atomic mass is 14.8. The van der Waals surface area contributed by atoms with E-state index in [9.17, 15) is 0 Å². The molecule has 0 saturated carbocycles. The van der Waals surface area contributed by atoms with E-state index < -0.39 is 0 Å². The highest BCUT2D eigenvalue weighted by Gasteiger charge is 2.10. The van der Waals surface area contributed by atoms with Gasteiger partial charge < -0.3 is 5.32 Å². The van der Waals surface area contributed by atoms with Crippen LogP contribution in [0.5, 0.6) is 0 Å². The number of benzene rings is 1. The molecule has 1 N–H and O–H groups in total. The first-order valence-corrected chi connectivity index (χ1v) is 7.20. The lowest BCUT2D eigenvalue weighted by Gasteiger charge is -2.18. The van der Waals surface area contributed by atoms with Crippen LogP contribution in [0.4, 0.5) is 0 Å². The molecule has 0 aromatic heterocycles. The second-order valence-electron chi connectivity index (χ2n) is 4.95. The van der Waals surface area contributed by atoms with Gasteiger partial charge >= 0.3 is 0 Å². The summed E-state index contributed by atoms with van der Waals surface area (Å²) in [6, 6.07) is 10.8. The van der Waals surface area contributed by atoms with Gasteiger partial charge in [-0.2, -0.15) is 0 Å². The first-order chi connectivity index (χ1) is 8.77. The van der Waals surface area contributed by atoms with Crippen molar-refractivity contribution < 1.29 is 0 Å². The van der Waals surface area contributed by atoms with Gasteiger partial charge in [-0.1, -0.05) is 56.3 Å². The molecule has 1 rings (SSSR count). The third-order valence-electron chi connectivity index (χ3n) is 3.43. The maximum atomic E-state index is 4.11. The molecule has 0 fully saturated rings. The molecule has 1 unspecified atom stereocenters. The zero-order valence-corrected chi connectivity index (χ0v) is 11.9. The van der Waals surface area contributed by atoms with E-state index in [1.807, 2.05) is 0 Å². The van der Waals surface area contributed by atoms with Crippen LogP contribution >= 0.6 is 0 Å². The molecule has 0 aliphatic carbocycles. The van der Waals surface area contributed by atoms with Crippen LogP contribution in [0.3, 0.4) is 0 Å². The van der Waals surface area contributed by atoms with Crippen molar-refractivity contribution >= 4 is 0 Å². The van der Waals surface area contributed by atoms with Crippen molar-refractivity contribution in [3.8, 4) is 0 Å². The quantitative estimate of drug-likeness (QED) is 0.498. The van der Waals surface area contributed by atoms with Crippen LogP contribution in [-0.2, 0) is 0 Å². The van der Waals surface area contributed by atoms with Crippen LogP contribution in [0.2, 0.25) is 0 Å². The van der Waals surface area contributed by atoms with Gasteiger partial charge in [0.25, 0.3) is 0 Å². The van der Waals surface area contributed by atoms with E-state index in [1.54, 1.807) is 0 Å². The summed E-state index contributed by atoms with van der Waals surface area (Å²) in [6.07, 6.45) is 4.64. The monoisotopic (exact) mass is 245 g/mol. The second-order valence-corrected chi connectivity index (χ2v) is 4.95. The lowest BCUT2D eigenvalue weighted by Crippen LogP contribution is -2.22. The van der Waals surface area contributed by atoms with Gasteiger partial charge in [-0.15, -0.1) is 0 Å². The Bertz CT molecular complexity index is 329. The molecule has 0 saturated heterocycles. The summed E-state index contributed by atoms with van der Waals surface area (Å²) in [5.74, 6) is 0.612. The Balaban J connectivity index is 2.54. The molecule has 100 valence electrons. The van der Waals surface area contributed by atoms with E-state index in [4.69, 9.17) is 0 Å². The molecule has 1 aromatic rings. The normalized spacial score (nSPS) is 12.3. The van der Waals surface area contributed by atoms with E-state index in [0.29, 0.717) is 5.92 Å². The molecule has 0 aliphatic heterocycles. The van der Waals surface area contributed by atoms with Crippen molar-refractivity contribution in [3.05, 3.63) is 48.0 Å². The van der Waals surface area contributed by atoms with Crippen LogP contribution in [0.1, 0.15) is 51.0 Å². The number of allylic oxidation sites excluding steroid dienone is 1. The molecule has 18 heavy (non-hydrogen) atoms. The number of hydrogen-bond acceptors (Lipinski definition) is 1. The van der Waals surface area contributed by atoms with Gasteiger partial charge in [0.1, 0.15) is 0 Å². The van der Waals surface area contributed by atoms with Gasteiger partial charge in [-0.25, -0.2) is 0 Å². The van der Waals surface area contributed by atoms with Gasteiger partial charge in [0.15, 0.2) is 0 Å². The first kappa shape index (κ1) is 15.0. The Labute approximate surface area is 112 Å². The van der Waals surface area contributed by atoms with Crippen molar-refractivity contribution in [1.82, 2.24) is 5.32 Å². The highest BCUT2D eigenvalue weighted by molar-refractivity contribution is 5.20. The summed E-state index contributed by atoms with van der Waals surface area (Å²) < 4.78 is 0. The average Bonchev–Trinajstić information content (AvgIpc) is 2.43. The number of rotatable bonds is 9. The number of nitrogens with one attached hydrogen (secondary N) is 1. The molecule has 0 aliphatic rings. The summed E-state index contributed by atoms with van der Waals surface area (Å²) in [7, 11) is 0. The minimum absolute atomic E-state index is 0.612.